The van der Waals surface area contributed by atoms with Crippen molar-refractivity contribution in [3.8, 4) is 0 Å². The number of likely N-dealkylation sites (tertiary alicyclic amines) is 1. The van der Waals surface area contributed by atoms with E-state index in [1.165, 1.54) is 0 Å². The molecule has 3 fully saturated rings. The SMILES string of the molecule is C=CCCOC(=O)[C@@H]1[C@H]2C(=O)N(CCCCO)C(C(=O)N(CC=C)C(C)CCC)C23CC[C@@]1(CC)O3. The van der Waals surface area contributed by atoms with E-state index in [0.717, 1.165) is 12.8 Å². The molecule has 1 N–H and O–H groups in total. The number of unbranched alkanes of at least 4 members (excludes halogenated alkanes) is 1. The fraction of sp³-hybridized carbons (Fsp3) is 0.750. The zero-order valence-electron chi connectivity index (χ0n) is 22.2. The van der Waals surface area contributed by atoms with Crippen LogP contribution < -0.4 is 0 Å². The molecule has 0 aromatic rings. The molecule has 0 aliphatic carbocycles. The third-order valence-electron chi connectivity index (χ3n) is 8.39. The molecular formula is C28H44N2O6. The van der Waals surface area contributed by atoms with E-state index in [2.05, 4.69) is 20.1 Å². The first-order valence-corrected chi connectivity index (χ1v) is 13.6. The van der Waals surface area contributed by atoms with Gasteiger partial charge in [0.1, 0.15) is 17.6 Å². The molecule has 8 nitrogen and oxygen atoms in total. The van der Waals surface area contributed by atoms with Gasteiger partial charge in [-0.15, -0.1) is 13.2 Å². The average molecular weight is 505 g/mol. The highest BCUT2D eigenvalue weighted by Crippen LogP contribution is 2.64. The van der Waals surface area contributed by atoms with Crippen LogP contribution in [0.25, 0.3) is 0 Å². The van der Waals surface area contributed by atoms with Gasteiger partial charge in [0.05, 0.1) is 18.1 Å². The molecule has 36 heavy (non-hydrogen) atoms. The number of hydrogen-bond acceptors (Lipinski definition) is 6. The monoisotopic (exact) mass is 504 g/mol. The first-order chi connectivity index (χ1) is 17.3. The maximum Gasteiger partial charge on any atom is 0.312 e. The lowest BCUT2D eigenvalue weighted by Gasteiger charge is -2.39. The number of nitrogens with zero attached hydrogens (tertiary/aromatic N) is 2. The summed E-state index contributed by atoms with van der Waals surface area (Å²) in [5.41, 5.74) is -1.86. The van der Waals surface area contributed by atoms with Crippen molar-refractivity contribution in [2.75, 3.05) is 26.3 Å². The van der Waals surface area contributed by atoms with Crippen molar-refractivity contribution >= 4 is 17.8 Å². The van der Waals surface area contributed by atoms with E-state index in [0.29, 0.717) is 51.6 Å². The Labute approximate surface area is 215 Å². The molecule has 8 heteroatoms. The number of fused-ring (bicyclic) bond motifs is 1. The molecule has 2 bridgehead atoms. The van der Waals surface area contributed by atoms with E-state index < -0.39 is 35.0 Å². The van der Waals surface area contributed by atoms with Crippen LogP contribution in [0.3, 0.4) is 0 Å². The van der Waals surface area contributed by atoms with Gasteiger partial charge >= 0.3 is 5.97 Å². The van der Waals surface area contributed by atoms with Gasteiger partial charge < -0.3 is 24.4 Å². The predicted molar refractivity (Wildman–Crippen MR) is 137 cm³/mol. The maximum absolute atomic E-state index is 14.3. The highest BCUT2D eigenvalue weighted by atomic mass is 16.6. The summed E-state index contributed by atoms with van der Waals surface area (Å²) in [5.74, 6) is -2.29. The molecule has 3 heterocycles. The minimum Gasteiger partial charge on any atom is -0.465 e. The van der Waals surface area contributed by atoms with Gasteiger partial charge in [0.2, 0.25) is 11.8 Å². The number of carbonyl (C=O) groups excluding carboxylic acids is 3. The lowest BCUT2D eigenvalue weighted by Crippen LogP contribution is -2.58. The Hall–Kier alpha value is -2.19. The van der Waals surface area contributed by atoms with Crippen LogP contribution in [0.4, 0.5) is 0 Å². The van der Waals surface area contributed by atoms with Crippen molar-refractivity contribution in [1.82, 2.24) is 9.80 Å². The summed E-state index contributed by atoms with van der Waals surface area (Å²) in [6, 6.07) is -0.837. The van der Waals surface area contributed by atoms with Crippen molar-refractivity contribution in [3.63, 3.8) is 0 Å². The minimum absolute atomic E-state index is 0.0129. The number of aliphatic hydroxyl groups excluding tert-OH is 1. The molecule has 0 radical (unpaired) electrons. The Morgan fingerprint density at radius 3 is 2.64 bits per heavy atom. The van der Waals surface area contributed by atoms with E-state index in [1.807, 2.05) is 13.8 Å². The van der Waals surface area contributed by atoms with Gasteiger partial charge in [-0.1, -0.05) is 32.4 Å². The average Bonchev–Trinajstić information content (AvgIpc) is 3.46. The molecule has 3 aliphatic heterocycles. The predicted octanol–water partition coefficient (Wildman–Crippen LogP) is 3.24. The minimum atomic E-state index is -1.06. The van der Waals surface area contributed by atoms with Crippen LogP contribution in [0.2, 0.25) is 0 Å². The van der Waals surface area contributed by atoms with Crippen molar-refractivity contribution in [1.29, 1.82) is 0 Å². The molecule has 3 saturated heterocycles. The van der Waals surface area contributed by atoms with Gasteiger partial charge in [0.15, 0.2) is 0 Å². The van der Waals surface area contributed by atoms with Crippen molar-refractivity contribution < 1.29 is 29.0 Å². The van der Waals surface area contributed by atoms with E-state index in [9.17, 15) is 19.5 Å². The second kappa shape index (κ2) is 11.9. The molecule has 3 rings (SSSR count). The zero-order chi connectivity index (χ0) is 26.5. The van der Waals surface area contributed by atoms with Crippen LogP contribution in [0.5, 0.6) is 0 Å². The van der Waals surface area contributed by atoms with Crippen LogP contribution in [0.15, 0.2) is 25.3 Å². The molecule has 6 atom stereocenters. The smallest absolute Gasteiger partial charge is 0.312 e. The fourth-order valence-electron chi connectivity index (χ4n) is 6.68. The van der Waals surface area contributed by atoms with E-state index in [4.69, 9.17) is 9.47 Å². The van der Waals surface area contributed by atoms with Crippen LogP contribution in [-0.2, 0) is 23.9 Å². The van der Waals surface area contributed by atoms with Crippen molar-refractivity contribution in [3.05, 3.63) is 25.3 Å². The third kappa shape index (κ3) is 4.74. The number of ether oxygens (including phenoxy) is 2. The zero-order valence-corrected chi connectivity index (χ0v) is 22.2. The van der Waals surface area contributed by atoms with Crippen LogP contribution >= 0.6 is 0 Å². The van der Waals surface area contributed by atoms with Crippen LogP contribution in [0.1, 0.15) is 72.1 Å². The topological polar surface area (TPSA) is 96.4 Å². The maximum atomic E-state index is 14.3. The normalized spacial score (nSPS) is 31.3. The van der Waals surface area contributed by atoms with Gasteiger partial charge in [-0.05, 0) is 51.9 Å². The Kier molecular flexibility index (Phi) is 9.39. The van der Waals surface area contributed by atoms with Crippen molar-refractivity contribution in [2.45, 2.75) is 95.4 Å². The molecule has 1 spiro atoms. The molecule has 2 amide bonds. The largest absolute Gasteiger partial charge is 0.465 e. The first-order valence-electron chi connectivity index (χ1n) is 13.6. The van der Waals surface area contributed by atoms with Gasteiger partial charge in [0.25, 0.3) is 0 Å². The molecule has 202 valence electrons. The fourth-order valence-corrected chi connectivity index (χ4v) is 6.68. The summed E-state index contributed by atoms with van der Waals surface area (Å²) in [7, 11) is 0. The Morgan fingerprint density at radius 2 is 2.03 bits per heavy atom. The second-order valence-corrected chi connectivity index (χ2v) is 10.5. The molecule has 0 aromatic carbocycles. The molecular weight excluding hydrogens is 460 g/mol. The number of esters is 1. The molecule has 3 unspecified atom stereocenters. The third-order valence-corrected chi connectivity index (χ3v) is 8.39. The summed E-state index contributed by atoms with van der Waals surface area (Å²) in [6.45, 7) is 14.5. The summed E-state index contributed by atoms with van der Waals surface area (Å²) >= 11 is 0. The Balaban J connectivity index is 2.04. The summed E-state index contributed by atoms with van der Waals surface area (Å²) < 4.78 is 12.3. The van der Waals surface area contributed by atoms with E-state index >= 15 is 0 Å². The lowest BCUT2D eigenvalue weighted by atomic mass is 9.65. The number of carbonyl (C=O) groups is 3. The lowest BCUT2D eigenvalue weighted by molar-refractivity contribution is -0.162. The molecule has 3 aliphatic rings. The standard InChI is InChI=1S/C28H44N2O6/c1-6-10-19-35-26(34)22-21-24(32)30(17-11-12-18-31)23(28(21)15-14-27(22,9-4)36-28)25(33)29(16-8-3)20(5)13-7-2/h6,8,20-23,31H,1,3,7,9-19H2,2,4-5H3/t20?,21-,22-,23?,27+,28?/m0/s1. The van der Waals surface area contributed by atoms with Crippen LogP contribution in [-0.4, -0.2) is 82.3 Å². The van der Waals surface area contributed by atoms with Crippen LogP contribution in [0, 0.1) is 11.8 Å². The Bertz CT molecular complexity index is 846. The Morgan fingerprint density at radius 1 is 1.28 bits per heavy atom. The number of rotatable bonds is 15. The number of aliphatic hydroxyl groups is 1. The molecule has 0 aromatic heterocycles. The number of amides is 2. The first kappa shape index (κ1) is 28.4. The van der Waals surface area contributed by atoms with E-state index in [1.54, 1.807) is 22.0 Å². The van der Waals surface area contributed by atoms with E-state index in [-0.39, 0.29) is 31.1 Å². The highest BCUT2D eigenvalue weighted by Gasteiger charge is 2.79. The molecule has 0 saturated carbocycles. The summed E-state index contributed by atoms with van der Waals surface area (Å²) in [4.78, 5) is 45.1. The van der Waals surface area contributed by atoms with Gasteiger partial charge in [-0.3, -0.25) is 14.4 Å². The highest BCUT2D eigenvalue weighted by molar-refractivity contribution is 5.98. The van der Waals surface area contributed by atoms with Gasteiger partial charge in [-0.2, -0.15) is 0 Å². The van der Waals surface area contributed by atoms with Crippen molar-refractivity contribution in [2.24, 2.45) is 11.8 Å². The second-order valence-electron chi connectivity index (χ2n) is 10.5. The summed E-state index contributed by atoms with van der Waals surface area (Å²) in [5, 5.41) is 9.34. The summed E-state index contributed by atoms with van der Waals surface area (Å²) in [6.07, 6.45) is 8.49. The number of hydrogen-bond donors (Lipinski definition) is 1. The van der Waals surface area contributed by atoms with Gasteiger partial charge in [-0.25, -0.2) is 0 Å². The van der Waals surface area contributed by atoms with Gasteiger partial charge in [0, 0.05) is 25.7 Å². The quantitative estimate of drug-likeness (QED) is 0.209.